The van der Waals surface area contributed by atoms with Crippen molar-refractivity contribution in [3.63, 3.8) is 0 Å². The molecular weight excluding hydrogens is 492 g/mol. The molecule has 0 atom stereocenters. The molecule has 0 radical (unpaired) electrons. The first-order valence-corrected chi connectivity index (χ1v) is 13.3. The Hall–Kier alpha value is -4.40. The number of rotatable bonds is 8. The van der Waals surface area contributed by atoms with Crippen LogP contribution in [0.4, 0.5) is 11.4 Å². The average molecular weight is 527 g/mol. The van der Waals surface area contributed by atoms with Crippen LogP contribution in [0.15, 0.2) is 65.4 Å². The molecule has 9 heteroatoms. The Balaban J connectivity index is 1.48. The van der Waals surface area contributed by atoms with Gasteiger partial charge in [-0.25, -0.2) is 0 Å². The Morgan fingerprint density at radius 1 is 1.13 bits per heavy atom. The summed E-state index contributed by atoms with van der Waals surface area (Å²) in [5.41, 5.74) is 5.65. The lowest BCUT2D eigenvalue weighted by molar-refractivity contribution is -0.131. The van der Waals surface area contributed by atoms with Crippen molar-refractivity contribution < 1.29 is 14.0 Å². The van der Waals surface area contributed by atoms with Gasteiger partial charge in [-0.2, -0.15) is 0 Å². The summed E-state index contributed by atoms with van der Waals surface area (Å²) in [5, 5.41) is 12.2. The van der Waals surface area contributed by atoms with E-state index in [1.807, 2.05) is 23.1 Å². The lowest BCUT2D eigenvalue weighted by atomic mass is 9.98. The normalized spacial score (nSPS) is 13.6. The highest BCUT2D eigenvalue weighted by molar-refractivity contribution is 6.01. The highest BCUT2D eigenvalue weighted by atomic mass is 16.3. The fourth-order valence-corrected chi connectivity index (χ4v) is 4.90. The minimum absolute atomic E-state index is 0.0866. The Morgan fingerprint density at radius 3 is 2.69 bits per heavy atom. The molecule has 0 unspecified atom stereocenters. The van der Waals surface area contributed by atoms with Gasteiger partial charge in [-0.1, -0.05) is 43.3 Å². The first-order valence-electron chi connectivity index (χ1n) is 13.3. The summed E-state index contributed by atoms with van der Waals surface area (Å²) in [7, 11) is 3.42. The summed E-state index contributed by atoms with van der Waals surface area (Å²) in [6, 6.07) is 14.1. The summed E-state index contributed by atoms with van der Waals surface area (Å²) >= 11 is 0. The van der Waals surface area contributed by atoms with Crippen LogP contribution in [-0.2, 0) is 11.3 Å². The van der Waals surface area contributed by atoms with Gasteiger partial charge in [0.1, 0.15) is 0 Å². The third-order valence-electron chi connectivity index (χ3n) is 6.99. The van der Waals surface area contributed by atoms with Crippen molar-refractivity contribution in [1.29, 1.82) is 0 Å². The Bertz CT molecular complexity index is 1520. The summed E-state index contributed by atoms with van der Waals surface area (Å²) in [5.74, 6) is 0.508. The van der Waals surface area contributed by atoms with Crippen LogP contribution in [0.3, 0.4) is 0 Å². The van der Waals surface area contributed by atoms with Crippen molar-refractivity contribution in [1.82, 2.24) is 24.8 Å². The predicted octanol–water partition coefficient (Wildman–Crippen LogP) is 5.30. The molecule has 2 aromatic carbocycles. The summed E-state index contributed by atoms with van der Waals surface area (Å²) in [4.78, 5) is 29.1. The SMILES string of the molecule is CC(C)c1ccccc1Nc1cc(C2=CCCN(C(=O)CCn3ccnn3)C2)cc2cc(C(=O)N(C)C)oc12. The van der Waals surface area contributed by atoms with Crippen LogP contribution < -0.4 is 5.32 Å². The molecule has 0 bridgehead atoms. The first-order chi connectivity index (χ1) is 18.8. The molecule has 0 aliphatic carbocycles. The largest absolute Gasteiger partial charge is 0.449 e. The number of carbonyl (C=O) groups is 2. The fourth-order valence-electron chi connectivity index (χ4n) is 4.90. The van der Waals surface area contributed by atoms with E-state index in [4.69, 9.17) is 4.42 Å². The Kier molecular flexibility index (Phi) is 7.49. The molecule has 39 heavy (non-hydrogen) atoms. The molecule has 4 aromatic rings. The smallest absolute Gasteiger partial charge is 0.289 e. The average Bonchev–Trinajstić information content (AvgIpc) is 3.62. The van der Waals surface area contributed by atoms with Gasteiger partial charge >= 0.3 is 0 Å². The van der Waals surface area contributed by atoms with Crippen molar-refractivity contribution in [2.24, 2.45) is 0 Å². The van der Waals surface area contributed by atoms with Gasteiger partial charge in [-0.05, 0) is 53.3 Å². The van der Waals surface area contributed by atoms with E-state index in [1.165, 1.54) is 10.5 Å². The maximum Gasteiger partial charge on any atom is 0.289 e. The lowest BCUT2D eigenvalue weighted by Gasteiger charge is -2.28. The van der Waals surface area contributed by atoms with Crippen LogP contribution in [-0.4, -0.2) is 63.8 Å². The van der Waals surface area contributed by atoms with Crippen LogP contribution in [0.2, 0.25) is 0 Å². The van der Waals surface area contributed by atoms with Crippen LogP contribution in [0.5, 0.6) is 0 Å². The molecule has 0 fully saturated rings. The van der Waals surface area contributed by atoms with Gasteiger partial charge in [0, 0.05) is 50.9 Å². The molecule has 3 heterocycles. The van der Waals surface area contributed by atoms with Crippen molar-refractivity contribution in [3.8, 4) is 0 Å². The molecule has 1 aliphatic heterocycles. The highest BCUT2D eigenvalue weighted by Crippen LogP contribution is 2.36. The zero-order valence-electron chi connectivity index (χ0n) is 22.8. The number of aromatic nitrogens is 3. The maximum absolute atomic E-state index is 13.0. The molecule has 5 rings (SSSR count). The number of fused-ring (bicyclic) bond motifs is 1. The minimum atomic E-state index is -0.192. The molecule has 1 N–H and O–H groups in total. The second kappa shape index (κ2) is 11.1. The number of para-hydroxylation sites is 1. The number of amides is 2. The number of carbonyl (C=O) groups excluding carboxylic acids is 2. The number of anilines is 2. The van der Waals surface area contributed by atoms with Crippen molar-refractivity contribution >= 4 is 39.7 Å². The van der Waals surface area contributed by atoms with E-state index in [9.17, 15) is 9.59 Å². The van der Waals surface area contributed by atoms with Crippen molar-refractivity contribution in [3.05, 3.63) is 77.8 Å². The van der Waals surface area contributed by atoms with Crippen molar-refractivity contribution in [2.45, 2.75) is 39.2 Å². The lowest BCUT2D eigenvalue weighted by Crippen LogP contribution is -2.35. The number of benzene rings is 2. The fraction of sp³-hybridized carbons (Fsp3) is 0.333. The number of nitrogens with zero attached hydrogens (tertiary/aromatic N) is 5. The molecule has 9 nitrogen and oxygen atoms in total. The highest BCUT2D eigenvalue weighted by Gasteiger charge is 2.22. The molecule has 0 saturated carbocycles. The van der Waals surface area contributed by atoms with Crippen LogP contribution in [0.25, 0.3) is 16.5 Å². The number of aryl methyl sites for hydroxylation is 1. The Labute approximate surface area is 228 Å². The monoisotopic (exact) mass is 526 g/mol. The molecule has 202 valence electrons. The van der Waals surface area contributed by atoms with E-state index in [2.05, 4.69) is 53.8 Å². The predicted molar refractivity (Wildman–Crippen MR) is 152 cm³/mol. The van der Waals surface area contributed by atoms with Crippen molar-refractivity contribution in [2.75, 3.05) is 32.5 Å². The van der Waals surface area contributed by atoms with Gasteiger partial charge in [0.2, 0.25) is 5.91 Å². The zero-order chi connectivity index (χ0) is 27.5. The zero-order valence-corrected chi connectivity index (χ0v) is 22.8. The van der Waals surface area contributed by atoms with Crippen LogP contribution in [0.1, 0.15) is 54.3 Å². The first kappa shape index (κ1) is 26.2. The van der Waals surface area contributed by atoms with E-state index < -0.39 is 0 Å². The molecule has 2 aromatic heterocycles. The third kappa shape index (κ3) is 5.72. The summed E-state index contributed by atoms with van der Waals surface area (Å²) < 4.78 is 7.78. The van der Waals surface area contributed by atoms with Crippen LogP contribution in [0, 0.1) is 0 Å². The molecule has 0 saturated heterocycles. The van der Waals surface area contributed by atoms with Gasteiger partial charge in [0.05, 0.1) is 18.4 Å². The van der Waals surface area contributed by atoms with Gasteiger partial charge in [0.15, 0.2) is 11.3 Å². The molecule has 2 amide bonds. The number of nitrogens with one attached hydrogen (secondary N) is 1. The number of hydrogen-bond acceptors (Lipinski definition) is 6. The molecular formula is C30H34N6O3. The van der Waals surface area contributed by atoms with E-state index >= 15 is 0 Å². The number of furan rings is 1. The van der Waals surface area contributed by atoms with Gasteiger partial charge < -0.3 is 19.5 Å². The maximum atomic E-state index is 13.0. The van der Waals surface area contributed by atoms with Gasteiger partial charge in [0.25, 0.3) is 5.91 Å². The van der Waals surface area contributed by atoms with E-state index in [0.717, 1.165) is 34.3 Å². The minimum Gasteiger partial charge on any atom is -0.449 e. The quantitative estimate of drug-likeness (QED) is 0.335. The van der Waals surface area contributed by atoms with E-state index in [0.29, 0.717) is 37.6 Å². The second-order valence-electron chi connectivity index (χ2n) is 10.4. The van der Waals surface area contributed by atoms with Gasteiger partial charge in [-0.3, -0.25) is 14.3 Å². The number of hydrogen-bond donors (Lipinski definition) is 1. The summed E-state index contributed by atoms with van der Waals surface area (Å²) in [6.07, 6.45) is 6.71. The standard InChI is InChI=1S/C30H34N6O3/c1-20(2)24-9-5-6-10-25(24)32-26-17-22(16-23-18-27(39-29(23)26)30(38)34(3)4)21-8-7-13-35(19-21)28(37)11-14-36-15-12-31-33-36/h5-6,8-10,12,15-18,20,32H,7,11,13-14,19H2,1-4H3. The van der Waals surface area contributed by atoms with E-state index in [1.54, 1.807) is 37.2 Å². The van der Waals surface area contributed by atoms with E-state index in [-0.39, 0.29) is 17.6 Å². The van der Waals surface area contributed by atoms with Gasteiger partial charge in [-0.15, -0.1) is 5.10 Å². The second-order valence-corrected chi connectivity index (χ2v) is 10.4. The third-order valence-corrected chi connectivity index (χ3v) is 6.99. The van der Waals surface area contributed by atoms with Crippen LogP contribution >= 0.6 is 0 Å². The topological polar surface area (TPSA) is 96.5 Å². The Morgan fingerprint density at radius 2 is 1.95 bits per heavy atom. The molecule has 1 aliphatic rings. The summed E-state index contributed by atoms with van der Waals surface area (Å²) in [6.45, 7) is 6.03. The molecule has 0 spiro atoms.